The van der Waals surface area contributed by atoms with Crippen LogP contribution in [0.2, 0.25) is 0 Å². The van der Waals surface area contributed by atoms with E-state index in [4.69, 9.17) is 9.47 Å². The molecule has 0 fully saturated rings. The first-order valence-electron chi connectivity index (χ1n) is 8.44. The molecule has 0 aliphatic rings. The topological polar surface area (TPSA) is 76.7 Å². The summed E-state index contributed by atoms with van der Waals surface area (Å²) in [6.07, 6.45) is 1.30. The predicted molar refractivity (Wildman–Crippen MR) is 99.4 cm³/mol. The van der Waals surface area contributed by atoms with Crippen LogP contribution in [0.4, 0.5) is 0 Å². The zero-order valence-electron chi connectivity index (χ0n) is 15.1. The van der Waals surface area contributed by atoms with Crippen molar-refractivity contribution in [3.63, 3.8) is 0 Å². The van der Waals surface area contributed by atoms with Gasteiger partial charge < -0.3 is 20.1 Å². The van der Waals surface area contributed by atoms with Crippen LogP contribution in [0.1, 0.15) is 11.1 Å². The van der Waals surface area contributed by atoms with Gasteiger partial charge in [-0.3, -0.25) is 9.59 Å². The third-order valence-corrected chi connectivity index (χ3v) is 3.92. The van der Waals surface area contributed by atoms with E-state index in [9.17, 15) is 9.59 Å². The molecule has 138 valence electrons. The van der Waals surface area contributed by atoms with E-state index in [1.165, 1.54) is 0 Å². The zero-order chi connectivity index (χ0) is 18.8. The van der Waals surface area contributed by atoms with Gasteiger partial charge >= 0.3 is 11.8 Å². The molecule has 0 radical (unpaired) electrons. The number of rotatable bonds is 8. The minimum absolute atomic E-state index is 0.400. The Labute approximate surface area is 153 Å². The van der Waals surface area contributed by atoms with Gasteiger partial charge in [-0.1, -0.05) is 24.3 Å². The standard InChI is InChI=1S/C20H24N2O4/c1-25-17-7-3-15(4-8-17)11-13-21-19(23)20(24)22-14-12-16-5-9-18(26-2)10-6-16/h3-10H,11-14H2,1-2H3,(H,21,23)(H,22,24). The highest BCUT2D eigenvalue weighted by Gasteiger charge is 2.11. The fourth-order valence-electron chi connectivity index (χ4n) is 2.39. The summed E-state index contributed by atoms with van der Waals surface area (Å²) < 4.78 is 10.2. The Morgan fingerprint density at radius 2 is 1.04 bits per heavy atom. The summed E-state index contributed by atoms with van der Waals surface area (Å²) in [7, 11) is 3.23. The molecule has 2 aromatic rings. The van der Waals surface area contributed by atoms with Crippen molar-refractivity contribution in [2.24, 2.45) is 0 Å². The van der Waals surface area contributed by atoms with Gasteiger partial charge in [-0.25, -0.2) is 0 Å². The molecule has 26 heavy (non-hydrogen) atoms. The van der Waals surface area contributed by atoms with Gasteiger partial charge in [0.25, 0.3) is 0 Å². The van der Waals surface area contributed by atoms with E-state index >= 15 is 0 Å². The van der Waals surface area contributed by atoms with Gasteiger partial charge in [0, 0.05) is 13.1 Å². The third kappa shape index (κ3) is 6.12. The second-order valence-corrected chi connectivity index (χ2v) is 5.71. The summed E-state index contributed by atoms with van der Waals surface area (Å²) >= 11 is 0. The fourth-order valence-corrected chi connectivity index (χ4v) is 2.39. The van der Waals surface area contributed by atoms with E-state index in [-0.39, 0.29) is 0 Å². The molecule has 0 unspecified atom stereocenters. The second-order valence-electron chi connectivity index (χ2n) is 5.71. The second kappa shape index (κ2) is 10.1. The molecule has 0 spiro atoms. The number of hydrogen-bond donors (Lipinski definition) is 2. The maximum atomic E-state index is 11.8. The normalized spacial score (nSPS) is 10.1. The molecule has 2 rings (SSSR count). The van der Waals surface area contributed by atoms with Gasteiger partial charge in [0.1, 0.15) is 11.5 Å². The van der Waals surface area contributed by atoms with E-state index in [1.807, 2.05) is 48.5 Å². The summed E-state index contributed by atoms with van der Waals surface area (Å²) in [6, 6.07) is 15.2. The molecule has 6 nitrogen and oxygen atoms in total. The fraction of sp³-hybridized carbons (Fsp3) is 0.300. The Morgan fingerprint density at radius 3 is 1.35 bits per heavy atom. The molecule has 2 aromatic carbocycles. The van der Waals surface area contributed by atoms with Crippen molar-refractivity contribution in [3.05, 3.63) is 59.7 Å². The molecule has 0 aromatic heterocycles. The number of carbonyl (C=O) groups excluding carboxylic acids is 2. The average Bonchev–Trinajstić information content (AvgIpc) is 2.68. The highest BCUT2D eigenvalue weighted by Crippen LogP contribution is 2.12. The van der Waals surface area contributed by atoms with E-state index in [1.54, 1.807) is 14.2 Å². The van der Waals surface area contributed by atoms with Crippen molar-refractivity contribution in [1.29, 1.82) is 0 Å². The van der Waals surface area contributed by atoms with Crippen molar-refractivity contribution >= 4 is 11.8 Å². The van der Waals surface area contributed by atoms with Crippen LogP contribution in [0, 0.1) is 0 Å². The van der Waals surface area contributed by atoms with Gasteiger partial charge in [0.05, 0.1) is 14.2 Å². The molecule has 0 bridgehead atoms. The smallest absolute Gasteiger partial charge is 0.309 e. The lowest BCUT2D eigenvalue weighted by molar-refractivity contribution is -0.139. The summed E-state index contributed by atoms with van der Waals surface area (Å²) in [5.41, 5.74) is 2.12. The van der Waals surface area contributed by atoms with Gasteiger partial charge in [0.2, 0.25) is 0 Å². The van der Waals surface area contributed by atoms with Gasteiger partial charge in [0.15, 0.2) is 0 Å². The first-order chi connectivity index (χ1) is 12.6. The molecule has 2 N–H and O–H groups in total. The van der Waals surface area contributed by atoms with Crippen LogP contribution >= 0.6 is 0 Å². The third-order valence-electron chi connectivity index (χ3n) is 3.92. The largest absolute Gasteiger partial charge is 0.497 e. The van der Waals surface area contributed by atoms with E-state index in [2.05, 4.69) is 10.6 Å². The Hall–Kier alpha value is -3.02. The average molecular weight is 356 g/mol. The number of hydrogen-bond acceptors (Lipinski definition) is 4. The Kier molecular flexibility index (Phi) is 7.49. The lowest BCUT2D eigenvalue weighted by atomic mass is 10.1. The van der Waals surface area contributed by atoms with Crippen LogP contribution in [0.15, 0.2) is 48.5 Å². The highest BCUT2D eigenvalue weighted by atomic mass is 16.5. The summed E-state index contributed by atoms with van der Waals surface area (Å²) in [4.78, 5) is 23.6. The van der Waals surface area contributed by atoms with Crippen LogP contribution in [-0.2, 0) is 22.4 Å². The molecule has 0 atom stereocenters. The Morgan fingerprint density at radius 1 is 0.692 bits per heavy atom. The summed E-state index contributed by atoms with van der Waals surface area (Å²) in [5.74, 6) is 0.338. The van der Waals surface area contributed by atoms with Gasteiger partial charge in [-0.2, -0.15) is 0 Å². The van der Waals surface area contributed by atoms with E-state index < -0.39 is 11.8 Å². The minimum Gasteiger partial charge on any atom is -0.497 e. The maximum Gasteiger partial charge on any atom is 0.309 e. The van der Waals surface area contributed by atoms with Crippen molar-refractivity contribution in [3.8, 4) is 11.5 Å². The van der Waals surface area contributed by atoms with Crippen molar-refractivity contribution in [1.82, 2.24) is 10.6 Å². The SMILES string of the molecule is COc1ccc(CCNC(=O)C(=O)NCCc2ccc(OC)cc2)cc1. The van der Waals surface area contributed by atoms with Crippen LogP contribution in [0.5, 0.6) is 11.5 Å². The van der Waals surface area contributed by atoms with Crippen LogP contribution in [0.25, 0.3) is 0 Å². The number of methoxy groups -OCH3 is 2. The first-order valence-corrected chi connectivity index (χ1v) is 8.44. The number of carbonyl (C=O) groups is 2. The molecule has 0 aliphatic carbocycles. The van der Waals surface area contributed by atoms with Crippen LogP contribution in [-0.4, -0.2) is 39.1 Å². The van der Waals surface area contributed by atoms with E-state index in [0.717, 1.165) is 22.6 Å². The molecule has 2 amide bonds. The van der Waals surface area contributed by atoms with Crippen LogP contribution < -0.4 is 20.1 Å². The first kappa shape index (κ1) is 19.3. The highest BCUT2D eigenvalue weighted by molar-refractivity contribution is 6.35. The zero-order valence-corrected chi connectivity index (χ0v) is 15.1. The Balaban J connectivity index is 1.65. The summed E-state index contributed by atoms with van der Waals surface area (Å²) in [5, 5.41) is 5.25. The predicted octanol–water partition coefficient (Wildman–Crippen LogP) is 1.72. The molecule has 0 saturated carbocycles. The number of benzene rings is 2. The lowest BCUT2D eigenvalue weighted by Gasteiger charge is -2.08. The van der Waals surface area contributed by atoms with Gasteiger partial charge in [-0.05, 0) is 48.2 Å². The molecular weight excluding hydrogens is 332 g/mol. The van der Waals surface area contributed by atoms with E-state index in [0.29, 0.717) is 25.9 Å². The number of nitrogens with one attached hydrogen (secondary N) is 2. The monoisotopic (exact) mass is 356 g/mol. The molecule has 6 heteroatoms. The quantitative estimate of drug-likeness (QED) is 0.706. The van der Waals surface area contributed by atoms with Crippen molar-refractivity contribution < 1.29 is 19.1 Å². The van der Waals surface area contributed by atoms with Crippen molar-refractivity contribution in [2.75, 3.05) is 27.3 Å². The minimum atomic E-state index is -0.617. The molecular formula is C20H24N2O4. The van der Waals surface area contributed by atoms with Crippen molar-refractivity contribution in [2.45, 2.75) is 12.8 Å². The maximum absolute atomic E-state index is 11.8. The molecule has 0 aliphatic heterocycles. The number of ether oxygens (including phenoxy) is 2. The lowest BCUT2D eigenvalue weighted by Crippen LogP contribution is -2.41. The molecule has 0 saturated heterocycles. The molecule has 0 heterocycles. The summed E-state index contributed by atoms with van der Waals surface area (Å²) in [6.45, 7) is 0.800. The van der Waals surface area contributed by atoms with Crippen LogP contribution in [0.3, 0.4) is 0 Å². The Bertz CT molecular complexity index is 648. The number of amides is 2. The van der Waals surface area contributed by atoms with Gasteiger partial charge in [-0.15, -0.1) is 0 Å².